The van der Waals surface area contributed by atoms with Crippen LogP contribution in [0.2, 0.25) is 0 Å². The monoisotopic (exact) mass is 243 g/mol. The molecule has 0 aromatic carbocycles. The number of piperidine rings is 1. The van der Waals surface area contributed by atoms with Crippen molar-refractivity contribution < 1.29 is 14.6 Å². The van der Waals surface area contributed by atoms with Gasteiger partial charge in [-0.25, -0.2) is 0 Å². The molecule has 0 radical (unpaired) electrons. The van der Waals surface area contributed by atoms with E-state index in [1.165, 1.54) is 0 Å². The SMILES string of the molecule is CCCOCCC(=O)N1CCC(C(C)O)CC1. The first-order valence-corrected chi connectivity index (χ1v) is 6.68. The van der Waals surface area contributed by atoms with E-state index in [1.54, 1.807) is 0 Å². The summed E-state index contributed by atoms with van der Waals surface area (Å²) in [6.07, 6.45) is 3.06. The Bertz CT molecular complexity index is 223. The van der Waals surface area contributed by atoms with E-state index >= 15 is 0 Å². The van der Waals surface area contributed by atoms with Gasteiger partial charge in [-0.2, -0.15) is 0 Å². The van der Waals surface area contributed by atoms with Crippen LogP contribution in [0.5, 0.6) is 0 Å². The Labute approximate surface area is 104 Å². The van der Waals surface area contributed by atoms with Gasteiger partial charge in [0.05, 0.1) is 19.1 Å². The maximum atomic E-state index is 11.8. The fraction of sp³-hybridized carbons (Fsp3) is 0.923. The summed E-state index contributed by atoms with van der Waals surface area (Å²) in [6.45, 7) is 6.72. The highest BCUT2D eigenvalue weighted by molar-refractivity contribution is 5.76. The molecule has 0 bridgehead atoms. The zero-order valence-electron chi connectivity index (χ0n) is 11.0. The Morgan fingerprint density at radius 1 is 1.41 bits per heavy atom. The van der Waals surface area contributed by atoms with E-state index in [2.05, 4.69) is 6.92 Å². The van der Waals surface area contributed by atoms with Gasteiger partial charge in [-0.3, -0.25) is 4.79 Å². The van der Waals surface area contributed by atoms with Crippen LogP contribution in [0.25, 0.3) is 0 Å². The van der Waals surface area contributed by atoms with Crippen molar-refractivity contribution in [2.45, 2.75) is 45.6 Å². The van der Waals surface area contributed by atoms with Crippen LogP contribution in [0.15, 0.2) is 0 Å². The molecule has 0 saturated carbocycles. The Hall–Kier alpha value is -0.610. The van der Waals surface area contributed by atoms with Crippen LogP contribution in [0, 0.1) is 5.92 Å². The Morgan fingerprint density at radius 2 is 2.06 bits per heavy atom. The predicted molar refractivity (Wildman–Crippen MR) is 66.7 cm³/mol. The van der Waals surface area contributed by atoms with Crippen molar-refractivity contribution >= 4 is 5.91 Å². The summed E-state index contributed by atoms with van der Waals surface area (Å²) in [7, 11) is 0. The van der Waals surface area contributed by atoms with E-state index in [1.807, 2.05) is 11.8 Å². The van der Waals surface area contributed by atoms with E-state index in [0.29, 0.717) is 18.9 Å². The molecule has 1 aliphatic rings. The van der Waals surface area contributed by atoms with Crippen LogP contribution in [0.1, 0.15) is 39.5 Å². The smallest absolute Gasteiger partial charge is 0.224 e. The lowest BCUT2D eigenvalue weighted by molar-refractivity contribution is -0.134. The highest BCUT2D eigenvalue weighted by Crippen LogP contribution is 2.20. The summed E-state index contributed by atoms with van der Waals surface area (Å²) in [4.78, 5) is 13.7. The fourth-order valence-corrected chi connectivity index (χ4v) is 2.20. The first-order valence-electron chi connectivity index (χ1n) is 6.68. The first kappa shape index (κ1) is 14.5. The second kappa shape index (κ2) is 7.67. The summed E-state index contributed by atoms with van der Waals surface area (Å²) < 4.78 is 5.32. The van der Waals surface area contributed by atoms with Gasteiger partial charge in [-0.15, -0.1) is 0 Å². The molecule has 100 valence electrons. The minimum Gasteiger partial charge on any atom is -0.393 e. The molecule has 0 aromatic rings. The standard InChI is InChI=1S/C13H25NO3/c1-3-9-17-10-6-13(16)14-7-4-12(5-8-14)11(2)15/h11-12,15H,3-10H2,1-2H3. The molecular formula is C13H25NO3. The molecule has 1 fully saturated rings. The minimum atomic E-state index is -0.250. The quantitative estimate of drug-likeness (QED) is 0.718. The zero-order valence-corrected chi connectivity index (χ0v) is 11.0. The molecule has 17 heavy (non-hydrogen) atoms. The van der Waals surface area contributed by atoms with Crippen molar-refractivity contribution in [2.24, 2.45) is 5.92 Å². The number of carbonyl (C=O) groups is 1. The average molecular weight is 243 g/mol. The summed E-state index contributed by atoms with van der Waals surface area (Å²) in [5.41, 5.74) is 0. The van der Waals surface area contributed by atoms with E-state index in [0.717, 1.165) is 39.0 Å². The summed E-state index contributed by atoms with van der Waals surface area (Å²) in [5, 5.41) is 9.48. The Balaban J connectivity index is 2.17. The lowest BCUT2D eigenvalue weighted by Crippen LogP contribution is -2.41. The van der Waals surface area contributed by atoms with E-state index in [-0.39, 0.29) is 12.0 Å². The van der Waals surface area contributed by atoms with Crippen molar-refractivity contribution in [1.82, 2.24) is 4.90 Å². The number of aliphatic hydroxyl groups is 1. The Kier molecular flexibility index (Phi) is 6.52. The van der Waals surface area contributed by atoms with Gasteiger partial charge < -0.3 is 14.7 Å². The molecular weight excluding hydrogens is 218 g/mol. The minimum absolute atomic E-state index is 0.185. The highest BCUT2D eigenvalue weighted by atomic mass is 16.5. The lowest BCUT2D eigenvalue weighted by atomic mass is 9.92. The van der Waals surface area contributed by atoms with Gasteiger partial charge in [0.25, 0.3) is 0 Å². The van der Waals surface area contributed by atoms with Crippen LogP contribution >= 0.6 is 0 Å². The van der Waals surface area contributed by atoms with Crippen LogP contribution in [0.4, 0.5) is 0 Å². The number of hydrogen-bond donors (Lipinski definition) is 1. The molecule has 0 aliphatic carbocycles. The molecule has 0 aromatic heterocycles. The van der Waals surface area contributed by atoms with E-state index in [9.17, 15) is 9.90 Å². The third-order valence-electron chi connectivity index (χ3n) is 3.38. The second-order valence-corrected chi connectivity index (χ2v) is 4.82. The number of aliphatic hydroxyl groups excluding tert-OH is 1. The number of ether oxygens (including phenoxy) is 1. The maximum absolute atomic E-state index is 11.8. The second-order valence-electron chi connectivity index (χ2n) is 4.82. The lowest BCUT2D eigenvalue weighted by Gasteiger charge is -2.33. The van der Waals surface area contributed by atoms with Gasteiger partial charge in [0.1, 0.15) is 0 Å². The molecule has 1 aliphatic heterocycles. The third kappa shape index (κ3) is 5.04. The number of carbonyl (C=O) groups excluding carboxylic acids is 1. The molecule has 4 heteroatoms. The van der Waals surface area contributed by atoms with Gasteiger partial charge in [0.15, 0.2) is 0 Å². The van der Waals surface area contributed by atoms with Gasteiger partial charge >= 0.3 is 0 Å². The van der Waals surface area contributed by atoms with Crippen LogP contribution < -0.4 is 0 Å². The summed E-state index contributed by atoms with van der Waals surface area (Å²) >= 11 is 0. The van der Waals surface area contributed by atoms with Crippen LogP contribution in [0.3, 0.4) is 0 Å². The number of likely N-dealkylation sites (tertiary alicyclic amines) is 1. The zero-order chi connectivity index (χ0) is 12.7. The topological polar surface area (TPSA) is 49.8 Å². The number of hydrogen-bond acceptors (Lipinski definition) is 3. The number of rotatable bonds is 6. The normalized spacial score (nSPS) is 19.4. The molecule has 1 heterocycles. The van der Waals surface area contributed by atoms with Gasteiger partial charge in [-0.05, 0) is 32.1 Å². The third-order valence-corrected chi connectivity index (χ3v) is 3.38. The summed E-state index contributed by atoms with van der Waals surface area (Å²) in [5.74, 6) is 0.542. The largest absolute Gasteiger partial charge is 0.393 e. The molecule has 1 atom stereocenters. The fourth-order valence-electron chi connectivity index (χ4n) is 2.20. The molecule has 1 amide bonds. The maximum Gasteiger partial charge on any atom is 0.224 e. The van der Waals surface area contributed by atoms with Crippen molar-refractivity contribution in [3.63, 3.8) is 0 Å². The average Bonchev–Trinajstić information content (AvgIpc) is 2.34. The van der Waals surface area contributed by atoms with Gasteiger partial charge in [-0.1, -0.05) is 6.92 Å². The van der Waals surface area contributed by atoms with E-state index < -0.39 is 0 Å². The molecule has 1 saturated heterocycles. The predicted octanol–water partition coefficient (Wildman–Crippen LogP) is 1.42. The van der Waals surface area contributed by atoms with Crippen LogP contribution in [-0.4, -0.2) is 48.3 Å². The van der Waals surface area contributed by atoms with Crippen molar-refractivity contribution in [3.8, 4) is 0 Å². The van der Waals surface area contributed by atoms with Crippen molar-refractivity contribution in [1.29, 1.82) is 0 Å². The molecule has 0 spiro atoms. The highest BCUT2D eigenvalue weighted by Gasteiger charge is 2.24. The van der Waals surface area contributed by atoms with Gasteiger partial charge in [0, 0.05) is 19.7 Å². The Morgan fingerprint density at radius 3 is 2.59 bits per heavy atom. The number of amides is 1. The number of nitrogens with zero attached hydrogens (tertiary/aromatic N) is 1. The summed E-state index contributed by atoms with van der Waals surface area (Å²) in [6, 6.07) is 0. The van der Waals surface area contributed by atoms with Gasteiger partial charge in [0.2, 0.25) is 5.91 Å². The first-order chi connectivity index (χ1) is 8.15. The molecule has 1 N–H and O–H groups in total. The van der Waals surface area contributed by atoms with Crippen molar-refractivity contribution in [3.05, 3.63) is 0 Å². The van der Waals surface area contributed by atoms with Crippen LogP contribution in [-0.2, 0) is 9.53 Å². The van der Waals surface area contributed by atoms with E-state index in [4.69, 9.17) is 4.74 Å². The van der Waals surface area contributed by atoms with Crippen molar-refractivity contribution in [2.75, 3.05) is 26.3 Å². The molecule has 4 nitrogen and oxygen atoms in total. The molecule has 1 rings (SSSR count). The molecule has 1 unspecified atom stereocenters.